The molecule has 0 bridgehead atoms. The van der Waals surface area contributed by atoms with Crippen LogP contribution in [0.1, 0.15) is 24.5 Å². The number of carbonyl (C=O) groups is 1. The minimum Gasteiger partial charge on any atom is -0.383 e. The maximum absolute atomic E-state index is 12.4. The molecule has 0 aliphatic carbocycles. The van der Waals surface area contributed by atoms with Crippen molar-refractivity contribution >= 4 is 5.91 Å². The minimum atomic E-state index is -2.46. The number of benzene rings is 1. The van der Waals surface area contributed by atoms with Crippen LogP contribution in [0.3, 0.4) is 0 Å². The van der Waals surface area contributed by atoms with Crippen molar-refractivity contribution in [1.29, 1.82) is 0 Å². The van der Waals surface area contributed by atoms with Crippen molar-refractivity contribution in [3.8, 4) is 0 Å². The van der Waals surface area contributed by atoms with Crippen LogP contribution in [0.4, 0.5) is 8.78 Å². The lowest BCUT2D eigenvalue weighted by molar-refractivity contribution is -0.122. The molecule has 1 atom stereocenters. The highest BCUT2D eigenvalue weighted by Crippen LogP contribution is 2.18. The number of hydrogen-bond donors (Lipinski definition) is 2. The first-order valence-corrected chi connectivity index (χ1v) is 6.41. The van der Waals surface area contributed by atoms with Crippen LogP contribution in [0.25, 0.3) is 0 Å². The summed E-state index contributed by atoms with van der Waals surface area (Å²) < 4.78 is 29.6. The predicted octanol–water partition coefficient (Wildman–Crippen LogP) is 1.86. The molecule has 0 aliphatic heterocycles. The minimum absolute atomic E-state index is 0.000827. The van der Waals surface area contributed by atoms with Gasteiger partial charge in [0.15, 0.2) is 0 Å². The van der Waals surface area contributed by atoms with Gasteiger partial charge in [-0.3, -0.25) is 4.79 Å². The SMILES string of the molecule is COCCNC(=O)C(C)NCc1ccc(C(F)F)cc1. The van der Waals surface area contributed by atoms with E-state index in [9.17, 15) is 13.6 Å². The van der Waals surface area contributed by atoms with Gasteiger partial charge in [0.2, 0.25) is 5.91 Å². The van der Waals surface area contributed by atoms with E-state index in [1.807, 2.05) is 0 Å². The second-order valence-corrected chi connectivity index (χ2v) is 4.43. The monoisotopic (exact) mass is 286 g/mol. The number of ether oxygens (including phenoxy) is 1. The topological polar surface area (TPSA) is 50.4 Å². The number of halogens is 2. The maximum atomic E-state index is 12.4. The van der Waals surface area contributed by atoms with Gasteiger partial charge in [0.1, 0.15) is 0 Å². The third-order valence-electron chi connectivity index (χ3n) is 2.84. The van der Waals surface area contributed by atoms with E-state index < -0.39 is 6.43 Å². The molecule has 0 spiro atoms. The second-order valence-electron chi connectivity index (χ2n) is 4.43. The van der Waals surface area contributed by atoms with Gasteiger partial charge < -0.3 is 15.4 Å². The molecule has 1 rings (SSSR count). The van der Waals surface area contributed by atoms with Gasteiger partial charge in [0.05, 0.1) is 12.6 Å². The number of rotatable bonds is 8. The molecule has 112 valence electrons. The van der Waals surface area contributed by atoms with E-state index in [2.05, 4.69) is 10.6 Å². The summed E-state index contributed by atoms with van der Waals surface area (Å²) in [6, 6.07) is 5.69. The van der Waals surface area contributed by atoms with E-state index in [4.69, 9.17) is 4.74 Å². The number of alkyl halides is 2. The van der Waals surface area contributed by atoms with Crippen LogP contribution >= 0.6 is 0 Å². The summed E-state index contributed by atoms with van der Waals surface area (Å²) in [6.45, 7) is 3.12. The van der Waals surface area contributed by atoms with Crippen molar-refractivity contribution in [3.63, 3.8) is 0 Å². The molecular weight excluding hydrogens is 266 g/mol. The first-order chi connectivity index (χ1) is 9.54. The predicted molar refractivity (Wildman–Crippen MR) is 72.6 cm³/mol. The molecule has 1 aromatic rings. The first-order valence-electron chi connectivity index (χ1n) is 6.41. The van der Waals surface area contributed by atoms with Gasteiger partial charge in [-0.15, -0.1) is 0 Å². The Hall–Kier alpha value is -1.53. The average molecular weight is 286 g/mol. The molecule has 0 radical (unpaired) electrons. The van der Waals surface area contributed by atoms with Crippen molar-refractivity contribution in [1.82, 2.24) is 10.6 Å². The lowest BCUT2D eigenvalue weighted by Gasteiger charge is -2.14. The molecule has 1 aromatic carbocycles. The average Bonchev–Trinajstić information content (AvgIpc) is 2.45. The van der Waals surface area contributed by atoms with Crippen molar-refractivity contribution in [2.45, 2.75) is 25.9 Å². The van der Waals surface area contributed by atoms with E-state index in [0.29, 0.717) is 19.7 Å². The fourth-order valence-electron chi connectivity index (χ4n) is 1.57. The number of nitrogens with one attached hydrogen (secondary N) is 2. The Kier molecular flexibility index (Phi) is 7.11. The van der Waals surface area contributed by atoms with Gasteiger partial charge >= 0.3 is 0 Å². The molecule has 0 aromatic heterocycles. The molecule has 6 heteroatoms. The van der Waals surface area contributed by atoms with Gasteiger partial charge in [-0.05, 0) is 12.5 Å². The molecule has 1 unspecified atom stereocenters. The summed E-state index contributed by atoms with van der Waals surface area (Å²) in [5.41, 5.74) is 0.852. The Morgan fingerprint density at radius 3 is 2.50 bits per heavy atom. The van der Waals surface area contributed by atoms with E-state index in [1.165, 1.54) is 12.1 Å². The van der Waals surface area contributed by atoms with Crippen molar-refractivity contribution in [2.24, 2.45) is 0 Å². The summed E-state index contributed by atoms with van der Waals surface area (Å²) >= 11 is 0. The Morgan fingerprint density at radius 1 is 1.30 bits per heavy atom. The lowest BCUT2D eigenvalue weighted by Crippen LogP contribution is -2.42. The summed E-state index contributed by atoms with van der Waals surface area (Å²) in [7, 11) is 1.57. The first kappa shape index (κ1) is 16.5. The Labute approximate surface area is 117 Å². The molecule has 0 heterocycles. The molecule has 0 saturated carbocycles. The summed E-state index contributed by atoms with van der Waals surface area (Å²) in [5, 5.41) is 5.75. The third kappa shape index (κ3) is 5.63. The fraction of sp³-hybridized carbons (Fsp3) is 0.500. The number of amides is 1. The van der Waals surface area contributed by atoms with Gasteiger partial charge in [-0.2, -0.15) is 0 Å². The van der Waals surface area contributed by atoms with Crippen LogP contribution < -0.4 is 10.6 Å². The number of hydrogen-bond acceptors (Lipinski definition) is 3. The molecule has 20 heavy (non-hydrogen) atoms. The Morgan fingerprint density at radius 2 is 1.95 bits per heavy atom. The van der Waals surface area contributed by atoms with Crippen LogP contribution in [0, 0.1) is 0 Å². The molecule has 0 saturated heterocycles. The highest BCUT2D eigenvalue weighted by atomic mass is 19.3. The second kappa shape index (κ2) is 8.60. The smallest absolute Gasteiger partial charge is 0.263 e. The Bertz CT molecular complexity index is 410. The third-order valence-corrected chi connectivity index (χ3v) is 2.84. The summed E-state index contributed by atoms with van der Waals surface area (Å²) in [6.07, 6.45) is -2.46. The van der Waals surface area contributed by atoms with Gasteiger partial charge in [-0.25, -0.2) is 8.78 Å². The molecule has 0 fully saturated rings. The van der Waals surface area contributed by atoms with Crippen LogP contribution in [-0.2, 0) is 16.1 Å². The summed E-state index contributed by atoms with van der Waals surface area (Å²) in [5.74, 6) is -0.119. The molecular formula is C14H20F2N2O2. The molecule has 4 nitrogen and oxygen atoms in total. The van der Waals surface area contributed by atoms with Crippen molar-refractivity contribution in [3.05, 3.63) is 35.4 Å². The quantitative estimate of drug-likeness (QED) is 0.717. The van der Waals surface area contributed by atoms with Crippen LogP contribution in [0.15, 0.2) is 24.3 Å². The molecule has 0 aliphatic rings. The standard InChI is InChI=1S/C14H20F2N2O2/c1-10(14(19)17-7-8-20-2)18-9-11-3-5-12(6-4-11)13(15)16/h3-6,10,13,18H,7-9H2,1-2H3,(H,17,19). The molecule has 1 amide bonds. The maximum Gasteiger partial charge on any atom is 0.263 e. The van der Waals surface area contributed by atoms with Gasteiger partial charge in [0, 0.05) is 25.8 Å². The van der Waals surface area contributed by atoms with Crippen molar-refractivity contribution in [2.75, 3.05) is 20.3 Å². The summed E-state index contributed by atoms with van der Waals surface area (Å²) in [4.78, 5) is 11.7. The van der Waals surface area contributed by atoms with E-state index in [-0.39, 0.29) is 17.5 Å². The zero-order chi connectivity index (χ0) is 15.0. The highest BCUT2D eigenvalue weighted by molar-refractivity contribution is 5.81. The highest BCUT2D eigenvalue weighted by Gasteiger charge is 2.11. The lowest BCUT2D eigenvalue weighted by atomic mass is 10.1. The van der Waals surface area contributed by atoms with Crippen LogP contribution in [0.5, 0.6) is 0 Å². The van der Waals surface area contributed by atoms with Crippen LogP contribution in [0.2, 0.25) is 0 Å². The van der Waals surface area contributed by atoms with E-state index in [1.54, 1.807) is 26.2 Å². The van der Waals surface area contributed by atoms with E-state index in [0.717, 1.165) is 5.56 Å². The Balaban J connectivity index is 2.36. The number of methoxy groups -OCH3 is 1. The molecule has 2 N–H and O–H groups in total. The van der Waals surface area contributed by atoms with E-state index >= 15 is 0 Å². The zero-order valence-electron chi connectivity index (χ0n) is 11.7. The van der Waals surface area contributed by atoms with Crippen LogP contribution in [-0.4, -0.2) is 32.2 Å². The number of carbonyl (C=O) groups excluding carboxylic acids is 1. The largest absolute Gasteiger partial charge is 0.383 e. The van der Waals surface area contributed by atoms with Gasteiger partial charge in [-0.1, -0.05) is 24.3 Å². The normalized spacial score (nSPS) is 12.4. The van der Waals surface area contributed by atoms with Crippen molar-refractivity contribution < 1.29 is 18.3 Å². The zero-order valence-corrected chi connectivity index (χ0v) is 11.7. The fourth-order valence-corrected chi connectivity index (χ4v) is 1.57. The van der Waals surface area contributed by atoms with Gasteiger partial charge in [0.25, 0.3) is 6.43 Å².